The Morgan fingerprint density at radius 1 is 0.611 bits per heavy atom. The molecule has 3 rings (SSSR count). The van der Waals surface area contributed by atoms with E-state index in [2.05, 4.69) is 15.2 Å². The fourth-order valence-corrected chi connectivity index (χ4v) is 1.38. The number of aromatic nitrogens is 3. The Balaban J connectivity index is 0.000000169. The summed E-state index contributed by atoms with van der Waals surface area (Å²) in [7, 11) is 0. The third-order valence-electron chi connectivity index (χ3n) is 2.21. The van der Waals surface area contributed by atoms with Gasteiger partial charge in [-0.15, -0.1) is 0 Å². The average Bonchev–Trinajstić information content (AvgIpc) is 2.51. The Hall–Kier alpha value is -2.55. The maximum Gasteiger partial charge on any atom is 0.0929 e. The molecule has 1 aromatic carbocycles. The van der Waals surface area contributed by atoms with Crippen molar-refractivity contribution in [3.63, 3.8) is 0 Å². The van der Waals surface area contributed by atoms with E-state index in [0.717, 1.165) is 11.3 Å². The zero-order chi connectivity index (χ0) is 12.5. The van der Waals surface area contributed by atoms with Gasteiger partial charge in [0, 0.05) is 24.2 Å². The molecular formula is C15H13N3. The van der Waals surface area contributed by atoms with Crippen LogP contribution in [0.2, 0.25) is 0 Å². The highest BCUT2D eigenvalue weighted by atomic mass is 15.1. The Kier molecular flexibility index (Phi) is 4.58. The van der Waals surface area contributed by atoms with Crippen molar-refractivity contribution in [2.45, 2.75) is 0 Å². The highest BCUT2D eigenvalue weighted by molar-refractivity contribution is 5.57. The summed E-state index contributed by atoms with van der Waals surface area (Å²) in [6, 6.07) is 19.5. The maximum absolute atomic E-state index is 4.00. The molecule has 0 aliphatic rings. The molecule has 0 saturated carbocycles. The molecular weight excluding hydrogens is 222 g/mol. The second-order valence-corrected chi connectivity index (χ2v) is 3.50. The molecule has 0 radical (unpaired) electrons. The predicted molar refractivity (Wildman–Crippen MR) is 71.7 cm³/mol. The second-order valence-electron chi connectivity index (χ2n) is 3.50. The Morgan fingerprint density at radius 3 is 1.83 bits per heavy atom. The minimum absolute atomic E-state index is 0.915. The van der Waals surface area contributed by atoms with Crippen LogP contribution >= 0.6 is 0 Å². The second kappa shape index (κ2) is 6.91. The van der Waals surface area contributed by atoms with Gasteiger partial charge in [-0.3, -0.25) is 4.98 Å². The van der Waals surface area contributed by atoms with Crippen molar-refractivity contribution in [2.75, 3.05) is 0 Å². The van der Waals surface area contributed by atoms with Gasteiger partial charge in [-0.05, 0) is 24.3 Å². The van der Waals surface area contributed by atoms with Gasteiger partial charge in [-0.2, -0.15) is 10.2 Å². The van der Waals surface area contributed by atoms with Gasteiger partial charge in [0.1, 0.15) is 0 Å². The smallest absolute Gasteiger partial charge is 0.0929 e. The van der Waals surface area contributed by atoms with Gasteiger partial charge in [-0.1, -0.05) is 36.4 Å². The summed E-state index contributed by atoms with van der Waals surface area (Å²) < 4.78 is 0. The van der Waals surface area contributed by atoms with Gasteiger partial charge >= 0.3 is 0 Å². The van der Waals surface area contributed by atoms with Gasteiger partial charge in [0.25, 0.3) is 0 Å². The van der Waals surface area contributed by atoms with Crippen molar-refractivity contribution in [1.82, 2.24) is 15.2 Å². The molecule has 0 fully saturated rings. The summed E-state index contributed by atoms with van der Waals surface area (Å²) in [5.74, 6) is 0. The van der Waals surface area contributed by atoms with Crippen LogP contribution in [0.15, 0.2) is 79.3 Å². The molecule has 3 nitrogen and oxygen atoms in total. The summed E-state index contributed by atoms with van der Waals surface area (Å²) in [5, 5.41) is 7.81. The van der Waals surface area contributed by atoms with Crippen molar-refractivity contribution in [3.8, 4) is 11.3 Å². The maximum atomic E-state index is 4.00. The molecule has 88 valence electrons. The molecule has 0 bridgehead atoms. The highest BCUT2D eigenvalue weighted by Crippen LogP contribution is 2.13. The summed E-state index contributed by atoms with van der Waals surface area (Å²) in [6.07, 6.45) is 5.17. The molecule has 0 saturated heterocycles. The number of hydrogen-bond donors (Lipinski definition) is 0. The number of nitrogens with zero attached hydrogens (tertiary/aromatic N) is 3. The van der Waals surface area contributed by atoms with Crippen LogP contribution in [0.3, 0.4) is 0 Å². The van der Waals surface area contributed by atoms with Gasteiger partial charge in [0.15, 0.2) is 0 Å². The van der Waals surface area contributed by atoms with Crippen LogP contribution in [-0.2, 0) is 0 Å². The van der Waals surface area contributed by atoms with E-state index in [-0.39, 0.29) is 0 Å². The lowest BCUT2D eigenvalue weighted by Gasteiger charge is -1.96. The zero-order valence-electron chi connectivity index (χ0n) is 9.85. The third-order valence-corrected chi connectivity index (χ3v) is 2.21. The topological polar surface area (TPSA) is 38.7 Å². The Bertz CT molecular complexity index is 474. The van der Waals surface area contributed by atoms with Crippen molar-refractivity contribution in [2.24, 2.45) is 0 Å². The van der Waals surface area contributed by atoms with Crippen LogP contribution in [-0.4, -0.2) is 15.2 Å². The predicted octanol–water partition coefficient (Wildman–Crippen LogP) is 3.23. The quantitative estimate of drug-likeness (QED) is 0.650. The Labute approximate surface area is 106 Å². The first kappa shape index (κ1) is 11.9. The van der Waals surface area contributed by atoms with Crippen molar-refractivity contribution < 1.29 is 0 Å². The minimum Gasteiger partial charge on any atom is -0.265 e. The summed E-state index contributed by atoms with van der Waals surface area (Å²) in [4.78, 5) is 3.78. The summed E-state index contributed by atoms with van der Waals surface area (Å²) in [5.41, 5.74) is 2.02. The number of hydrogen-bond acceptors (Lipinski definition) is 3. The van der Waals surface area contributed by atoms with E-state index in [4.69, 9.17) is 0 Å². The fourth-order valence-electron chi connectivity index (χ4n) is 1.38. The van der Waals surface area contributed by atoms with E-state index in [0.29, 0.717) is 0 Å². The van der Waals surface area contributed by atoms with Gasteiger partial charge < -0.3 is 0 Å². The number of rotatable bonds is 1. The largest absolute Gasteiger partial charge is 0.265 e. The lowest BCUT2D eigenvalue weighted by Crippen LogP contribution is -1.83. The molecule has 3 aromatic rings. The van der Waals surface area contributed by atoms with E-state index in [1.807, 2.05) is 60.7 Å². The first-order valence-corrected chi connectivity index (χ1v) is 5.65. The monoisotopic (exact) mass is 235 g/mol. The Morgan fingerprint density at radius 2 is 1.33 bits per heavy atom. The van der Waals surface area contributed by atoms with Gasteiger partial charge in [0.05, 0.1) is 5.69 Å². The lowest BCUT2D eigenvalue weighted by atomic mass is 10.1. The average molecular weight is 235 g/mol. The molecule has 18 heavy (non-hydrogen) atoms. The molecule has 0 N–H and O–H groups in total. The molecule has 0 aliphatic heterocycles. The standard InChI is InChI=1S/C10H8N2.C5H5N/c1-2-5-9(6-3-1)10-7-4-8-11-12-10;1-2-4-6-5-3-1/h1-8H;1-5H. The molecule has 0 amide bonds. The van der Waals surface area contributed by atoms with Gasteiger partial charge in [0.2, 0.25) is 0 Å². The normalized spacial score (nSPS) is 9.11. The van der Waals surface area contributed by atoms with E-state index in [1.165, 1.54) is 0 Å². The summed E-state index contributed by atoms with van der Waals surface area (Å²) in [6.45, 7) is 0. The van der Waals surface area contributed by atoms with Gasteiger partial charge in [-0.25, -0.2) is 0 Å². The van der Waals surface area contributed by atoms with Crippen molar-refractivity contribution >= 4 is 0 Å². The fraction of sp³-hybridized carbons (Fsp3) is 0. The van der Waals surface area contributed by atoms with Crippen LogP contribution in [0, 0.1) is 0 Å². The van der Waals surface area contributed by atoms with Crippen LogP contribution in [0.25, 0.3) is 11.3 Å². The minimum atomic E-state index is 0.915. The molecule has 2 heterocycles. The van der Waals surface area contributed by atoms with E-state index < -0.39 is 0 Å². The van der Waals surface area contributed by atoms with Crippen LogP contribution in [0.5, 0.6) is 0 Å². The van der Waals surface area contributed by atoms with E-state index in [9.17, 15) is 0 Å². The third kappa shape index (κ3) is 3.79. The molecule has 0 unspecified atom stereocenters. The molecule has 0 aliphatic carbocycles. The first-order chi connectivity index (χ1) is 8.97. The van der Waals surface area contributed by atoms with Crippen molar-refractivity contribution in [1.29, 1.82) is 0 Å². The highest BCUT2D eigenvalue weighted by Gasteiger charge is 1.94. The molecule has 3 heteroatoms. The van der Waals surface area contributed by atoms with Crippen LogP contribution < -0.4 is 0 Å². The molecule has 0 atom stereocenters. The molecule has 2 aromatic heterocycles. The first-order valence-electron chi connectivity index (χ1n) is 5.65. The lowest BCUT2D eigenvalue weighted by molar-refractivity contribution is 1.04. The van der Waals surface area contributed by atoms with Crippen molar-refractivity contribution in [3.05, 3.63) is 79.3 Å². The SMILES string of the molecule is c1ccc(-c2cccnn2)cc1.c1ccncc1. The zero-order valence-corrected chi connectivity index (χ0v) is 9.85. The summed E-state index contributed by atoms with van der Waals surface area (Å²) >= 11 is 0. The van der Waals surface area contributed by atoms with E-state index >= 15 is 0 Å². The van der Waals surface area contributed by atoms with E-state index in [1.54, 1.807) is 18.6 Å². The van der Waals surface area contributed by atoms with Crippen LogP contribution in [0.1, 0.15) is 0 Å². The number of benzene rings is 1. The molecule has 0 spiro atoms. The van der Waals surface area contributed by atoms with Crippen LogP contribution in [0.4, 0.5) is 0 Å². The number of pyridine rings is 1.